The van der Waals surface area contributed by atoms with Crippen LogP contribution in [0.4, 0.5) is 11.6 Å². The molecule has 2 rings (SSSR count). The summed E-state index contributed by atoms with van der Waals surface area (Å²) in [6.07, 6.45) is 3.71. The van der Waals surface area contributed by atoms with E-state index < -0.39 is 0 Å². The van der Waals surface area contributed by atoms with E-state index in [1.807, 2.05) is 24.3 Å². The molecule has 1 heterocycles. The molecule has 0 radical (unpaired) electrons. The summed E-state index contributed by atoms with van der Waals surface area (Å²) in [5, 5.41) is 5.92. The number of aromatic nitrogens is 2. The summed E-state index contributed by atoms with van der Waals surface area (Å²) in [6, 6.07) is 9.03. The molecular weight excluding hydrogens is 332 g/mol. The third kappa shape index (κ3) is 4.53. The molecule has 6 heteroatoms. The zero-order chi connectivity index (χ0) is 15.1. The minimum Gasteiger partial charge on any atom is -0.354 e. The van der Waals surface area contributed by atoms with Crippen molar-refractivity contribution in [3.8, 4) is 0 Å². The number of nitrogens with zero attached hydrogens (tertiary/aromatic N) is 2. The minimum absolute atomic E-state index is 0.261. The summed E-state index contributed by atoms with van der Waals surface area (Å²) < 4.78 is 0.828. The average molecular weight is 349 g/mol. The first-order chi connectivity index (χ1) is 10.2. The SMILES string of the molecule is CCCCNc1nccc(C(=O)Nc2ccccc2Br)n1. The smallest absolute Gasteiger partial charge is 0.274 e. The number of rotatable bonds is 6. The topological polar surface area (TPSA) is 66.9 Å². The van der Waals surface area contributed by atoms with E-state index in [1.54, 1.807) is 12.3 Å². The molecule has 0 bridgehead atoms. The zero-order valence-corrected chi connectivity index (χ0v) is 13.4. The highest BCUT2D eigenvalue weighted by Crippen LogP contribution is 2.21. The van der Waals surface area contributed by atoms with Crippen molar-refractivity contribution in [3.63, 3.8) is 0 Å². The van der Waals surface area contributed by atoms with Gasteiger partial charge < -0.3 is 10.6 Å². The molecule has 0 atom stereocenters. The predicted molar refractivity (Wildman–Crippen MR) is 87.5 cm³/mol. The molecule has 0 aliphatic carbocycles. The zero-order valence-electron chi connectivity index (χ0n) is 11.8. The van der Waals surface area contributed by atoms with Crippen LogP contribution in [-0.2, 0) is 0 Å². The van der Waals surface area contributed by atoms with Crippen LogP contribution < -0.4 is 10.6 Å². The third-order valence-corrected chi connectivity index (χ3v) is 3.52. The highest BCUT2D eigenvalue weighted by Gasteiger charge is 2.10. The summed E-state index contributed by atoms with van der Waals surface area (Å²) >= 11 is 3.39. The van der Waals surface area contributed by atoms with E-state index in [1.165, 1.54) is 0 Å². The largest absolute Gasteiger partial charge is 0.354 e. The average Bonchev–Trinajstić information content (AvgIpc) is 2.50. The Labute approximate surface area is 132 Å². The number of hydrogen-bond donors (Lipinski definition) is 2. The fourth-order valence-electron chi connectivity index (χ4n) is 1.70. The molecular formula is C15H17BrN4O. The van der Waals surface area contributed by atoms with Gasteiger partial charge in [0.25, 0.3) is 5.91 Å². The number of para-hydroxylation sites is 1. The highest BCUT2D eigenvalue weighted by molar-refractivity contribution is 9.10. The maximum Gasteiger partial charge on any atom is 0.274 e. The fourth-order valence-corrected chi connectivity index (χ4v) is 2.08. The van der Waals surface area contributed by atoms with Crippen LogP contribution >= 0.6 is 15.9 Å². The van der Waals surface area contributed by atoms with Crippen molar-refractivity contribution in [2.75, 3.05) is 17.2 Å². The Morgan fingerprint density at radius 2 is 2.10 bits per heavy atom. The maximum atomic E-state index is 12.2. The van der Waals surface area contributed by atoms with Crippen molar-refractivity contribution >= 4 is 33.5 Å². The number of carbonyl (C=O) groups is 1. The number of unbranched alkanes of at least 4 members (excludes halogenated alkanes) is 1. The fraction of sp³-hybridized carbons (Fsp3) is 0.267. The van der Waals surface area contributed by atoms with Crippen LogP contribution in [0.25, 0.3) is 0 Å². The predicted octanol–water partition coefficient (Wildman–Crippen LogP) is 3.70. The van der Waals surface area contributed by atoms with Gasteiger partial charge in [-0.05, 0) is 40.5 Å². The van der Waals surface area contributed by atoms with E-state index in [0.717, 1.165) is 23.9 Å². The molecule has 1 aromatic carbocycles. The van der Waals surface area contributed by atoms with Crippen molar-refractivity contribution in [3.05, 3.63) is 46.7 Å². The van der Waals surface area contributed by atoms with Crippen molar-refractivity contribution in [1.29, 1.82) is 0 Å². The normalized spacial score (nSPS) is 10.2. The van der Waals surface area contributed by atoms with E-state index in [0.29, 0.717) is 17.3 Å². The molecule has 2 N–H and O–H groups in total. The Morgan fingerprint density at radius 1 is 1.29 bits per heavy atom. The van der Waals surface area contributed by atoms with Gasteiger partial charge in [-0.2, -0.15) is 0 Å². The molecule has 21 heavy (non-hydrogen) atoms. The van der Waals surface area contributed by atoms with E-state index in [2.05, 4.69) is 43.5 Å². The molecule has 2 aromatic rings. The number of hydrogen-bond acceptors (Lipinski definition) is 4. The molecule has 1 amide bonds. The molecule has 110 valence electrons. The van der Waals surface area contributed by atoms with Crippen LogP contribution in [-0.4, -0.2) is 22.4 Å². The molecule has 0 saturated carbocycles. The second-order valence-electron chi connectivity index (χ2n) is 4.48. The molecule has 5 nitrogen and oxygen atoms in total. The van der Waals surface area contributed by atoms with Gasteiger partial charge in [0.15, 0.2) is 0 Å². The first-order valence-corrected chi connectivity index (χ1v) is 7.63. The number of halogens is 1. The van der Waals surface area contributed by atoms with Gasteiger partial charge in [-0.1, -0.05) is 25.5 Å². The number of carbonyl (C=O) groups excluding carboxylic acids is 1. The highest BCUT2D eigenvalue weighted by atomic mass is 79.9. The van der Waals surface area contributed by atoms with Crippen LogP contribution in [0.3, 0.4) is 0 Å². The van der Waals surface area contributed by atoms with E-state index in [-0.39, 0.29) is 5.91 Å². The van der Waals surface area contributed by atoms with Crippen LogP contribution in [0.1, 0.15) is 30.3 Å². The van der Waals surface area contributed by atoms with Crippen LogP contribution in [0.2, 0.25) is 0 Å². The molecule has 0 fully saturated rings. The summed E-state index contributed by atoms with van der Waals surface area (Å²) in [6.45, 7) is 2.91. The van der Waals surface area contributed by atoms with Crippen molar-refractivity contribution < 1.29 is 4.79 Å². The summed E-state index contributed by atoms with van der Waals surface area (Å²) in [4.78, 5) is 20.5. The van der Waals surface area contributed by atoms with Crippen LogP contribution in [0, 0.1) is 0 Å². The first kappa shape index (κ1) is 15.4. The Balaban J connectivity index is 2.05. The Morgan fingerprint density at radius 3 is 2.86 bits per heavy atom. The quantitative estimate of drug-likeness (QED) is 0.781. The summed E-state index contributed by atoms with van der Waals surface area (Å²) in [5.74, 6) is 0.214. The summed E-state index contributed by atoms with van der Waals surface area (Å²) in [5.41, 5.74) is 1.04. The standard InChI is InChI=1S/C15H17BrN4O/c1-2-3-9-17-15-18-10-8-13(20-15)14(21)19-12-7-5-4-6-11(12)16/h4-8,10H,2-3,9H2,1H3,(H,19,21)(H,17,18,20). The second kappa shape index (κ2) is 7.73. The van der Waals surface area contributed by atoms with Crippen LogP contribution in [0.5, 0.6) is 0 Å². The van der Waals surface area contributed by atoms with Gasteiger partial charge in [-0.3, -0.25) is 4.79 Å². The lowest BCUT2D eigenvalue weighted by molar-refractivity contribution is 0.102. The van der Waals surface area contributed by atoms with Gasteiger partial charge in [0.05, 0.1) is 5.69 Å². The molecule has 0 saturated heterocycles. The van der Waals surface area contributed by atoms with E-state index >= 15 is 0 Å². The van der Waals surface area contributed by atoms with Crippen molar-refractivity contribution in [2.24, 2.45) is 0 Å². The van der Waals surface area contributed by atoms with Gasteiger partial charge in [0.2, 0.25) is 5.95 Å². The van der Waals surface area contributed by atoms with Gasteiger partial charge in [-0.25, -0.2) is 9.97 Å². The molecule has 0 unspecified atom stereocenters. The molecule has 0 spiro atoms. The second-order valence-corrected chi connectivity index (χ2v) is 5.33. The van der Waals surface area contributed by atoms with Gasteiger partial charge in [0.1, 0.15) is 5.69 Å². The third-order valence-electron chi connectivity index (χ3n) is 2.82. The number of nitrogens with one attached hydrogen (secondary N) is 2. The van der Waals surface area contributed by atoms with Gasteiger partial charge >= 0.3 is 0 Å². The molecule has 0 aliphatic heterocycles. The monoisotopic (exact) mass is 348 g/mol. The van der Waals surface area contributed by atoms with Crippen LogP contribution in [0.15, 0.2) is 41.0 Å². The lowest BCUT2D eigenvalue weighted by atomic mass is 10.3. The number of benzene rings is 1. The maximum absolute atomic E-state index is 12.2. The minimum atomic E-state index is -0.261. The van der Waals surface area contributed by atoms with Gasteiger partial charge in [-0.15, -0.1) is 0 Å². The Kier molecular flexibility index (Phi) is 5.68. The summed E-state index contributed by atoms with van der Waals surface area (Å²) in [7, 11) is 0. The van der Waals surface area contributed by atoms with E-state index in [9.17, 15) is 4.79 Å². The molecule has 0 aliphatic rings. The Hall–Kier alpha value is -1.95. The molecule has 1 aromatic heterocycles. The van der Waals surface area contributed by atoms with E-state index in [4.69, 9.17) is 0 Å². The lowest BCUT2D eigenvalue weighted by Gasteiger charge is -2.08. The van der Waals surface area contributed by atoms with Gasteiger partial charge in [0, 0.05) is 17.2 Å². The number of anilines is 2. The van der Waals surface area contributed by atoms with Crippen molar-refractivity contribution in [1.82, 2.24) is 9.97 Å². The first-order valence-electron chi connectivity index (χ1n) is 6.83. The number of amides is 1. The van der Waals surface area contributed by atoms with Crippen molar-refractivity contribution in [2.45, 2.75) is 19.8 Å². The Bertz CT molecular complexity index is 618. The lowest BCUT2D eigenvalue weighted by Crippen LogP contribution is -2.15.